The van der Waals surface area contributed by atoms with E-state index < -0.39 is 14.3 Å². The Kier molecular flexibility index (Phi) is 4.12. The Labute approximate surface area is 97.2 Å². The van der Waals surface area contributed by atoms with Crippen LogP contribution in [0.25, 0.3) is 0 Å². The minimum Gasteiger partial charge on any atom is -0.544 e. The lowest BCUT2D eigenvalue weighted by Crippen LogP contribution is -2.29. The van der Waals surface area contributed by atoms with E-state index in [1.807, 2.05) is 24.3 Å². The van der Waals surface area contributed by atoms with Crippen molar-refractivity contribution in [3.05, 3.63) is 29.8 Å². The minimum absolute atomic E-state index is 0.175. The van der Waals surface area contributed by atoms with E-state index in [1.54, 1.807) is 0 Å². The molecule has 0 saturated carbocycles. The number of aryl methyl sites for hydroxylation is 1. The van der Waals surface area contributed by atoms with E-state index in [4.69, 9.17) is 9.53 Å². The molecular weight excluding hydrogens is 220 g/mol. The van der Waals surface area contributed by atoms with Crippen molar-refractivity contribution in [3.8, 4) is 5.75 Å². The summed E-state index contributed by atoms with van der Waals surface area (Å²) in [6.45, 7) is 6.39. The number of hydrogen-bond donors (Lipinski definition) is 1. The van der Waals surface area contributed by atoms with Gasteiger partial charge in [-0.2, -0.15) is 0 Å². The summed E-state index contributed by atoms with van der Waals surface area (Å²) in [5.74, 6) is 0.112. The molecule has 1 rings (SSSR count). The number of aliphatic carboxylic acids is 1. The number of carbonyl (C=O) groups is 1. The largest absolute Gasteiger partial charge is 0.544 e. The predicted molar refractivity (Wildman–Crippen MR) is 66.4 cm³/mol. The number of carboxylic acid groups (broad SMARTS) is 1. The van der Waals surface area contributed by atoms with Crippen molar-refractivity contribution in [2.75, 3.05) is 0 Å². The van der Waals surface area contributed by atoms with Gasteiger partial charge in [-0.25, -0.2) is 0 Å². The number of benzene rings is 1. The first-order chi connectivity index (χ1) is 7.37. The lowest BCUT2D eigenvalue weighted by atomic mass is 10.1. The molecule has 1 aromatic carbocycles. The zero-order chi connectivity index (χ0) is 12.2. The molecule has 0 aliphatic carbocycles. The maximum atomic E-state index is 10.4. The van der Waals surface area contributed by atoms with Crippen LogP contribution in [0.1, 0.15) is 12.0 Å². The van der Waals surface area contributed by atoms with Gasteiger partial charge in [-0.1, -0.05) is 12.1 Å². The smallest absolute Gasteiger partial charge is 0.303 e. The SMILES string of the molecule is C[Si](C)(C)Oc1ccc(CCC(=O)O)cc1. The molecule has 0 radical (unpaired) electrons. The molecule has 0 amide bonds. The Morgan fingerprint density at radius 2 is 1.81 bits per heavy atom. The molecule has 1 N–H and O–H groups in total. The fourth-order valence-corrected chi connectivity index (χ4v) is 2.17. The normalized spacial score (nSPS) is 11.2. The quantitative estimate of drug-likeness (QED) is 0.802. The predicted octanol–water partition coefficient (Wildman–Crippen LogP) is 2.92. The second-order valence-corrected chi connectivity index (χ2v) is 9.18. The maximum Gasteiger partial charge on any atom is 0.303 e. The summed E-state index contributed by atoms with van der Waals surface area (Å²) < 4.78 is 5.80. The van der Waals surface area contributed by atoms with Crippen LogP contribution in [0.2, 0.25) is 19.6 Å². The summed E-state index contributed by atoms with van der Waals surface area (Å²) >= 11 is 0. The molecule has 0 spiro atoms. The van der Waals surface area contributed by atoms with Gasteiger partial charge in [0.1, 0.15) is 5.75 Å². The van der Waals surface area contributed by atoms with E-state index in [1.165, 1.54) is 0 Å². The molecule has 0 aliphatic rings. The molecule has 0 atom stereocenters. The fraction of sp³-hybridized carbons (Fsp3) is 0.417. The molecular formula is C12H18O3Si. The molecule has 1 aromatic rings. The van der Waals surface area contributed by atoms with Crippen LogP contribution in [0, 0.1) is 0 Å². The molecule has 0 unspecified atom stereocenters. The van der Waals surface area contributed by atoms with E-state index in [2.05, 4.69) is 19.6 Å². The van der Waals surface area contributed by atoms with E-state index >= 15 is 0 Å². The standard InChI is InChI=1S/C12H18O3Si/c1-16(2,3)15-11-7-4-10(5-8-11)6-9-12(13)14/h4-5,7-8H,6,9H2,1-3H3,(H,13,14). The molecule has 88 valence electrons. The molecule has 0 fully saturated rings. The van der Waals surface area contributed by atoms with Gasteiger partial charge in [-0.15, -0.1) is 0 Å². The number of carboxylic acids is 1. The van der Waals surface area contributed by atoms with Gasteiger partial charge in [-0.3, -0.25) is 4.79 Å². The molecule has 0 aromatic heterocycles. The summed E-state index contributed by atoms with van der Waals surface area (Å²) in [7, 11) is -1.55. The first kappa shape index (κ1) is 12.8. The number of rotatable bonds is 5. The Hall–Kier alpha value is -1.29. The third-order valence-corrected chi connectivity index (χ3v) is 2.82. The summed E-state index contributed by atoms with van der Waals surface area (Å²) in [4.78, 5) is 10.4. The molecule has 0 bridgehead atoms. The second-order valence-electron chi connectivity index (χ2n) is 4.75. The summed E-state index contributed by atoms with van der Waals surface area (Å²) in [5.41, 5.74) is 1.03. The fourth-order valence-electron chi connectivity index (χ4n) is 1.33. The van der Waals surface area contributed by atoms with E-state index in [0.29, 0.717) is 6.42 Å². The van der Waals surface area contributed by atoms with E-state index in [-0.39, 0.29) is 6.42 Å². The molecule has 0 saturated heterocycles. The second kappa shape index (κ2) is 5.16. The molecule has 0 aliphatic heterocycles. The third-order valence-electron chi connectivity index (χ3n) is 1.97. The van der Waals surface area contributed by atoms with Crippen LogP contribution in [-0.2, 0) is 11.2 Å². The summed E-state index contributed by atoms with van der Waals surface area (Å²) in [6, 6.07) is 7.68. The number of hydrogen-bond acceptors (Lipinski definition) is 2. The van der Waals surface area contributed by atoms with Crippen molar-refractivity contribution < 1.29 is 14.3 Å². The summed E-state index contributed by atoms with van der Waals surface area (Å²) in [6.07, 6.45) is 0.747. The van der Waals surface area contributed by atoms with Crippen LogP contribution < -0.4 is 4.43 Å². The molecule has 4 heteroatoms. The average Bonchev–Trinajstić information content (AvgIpc) is 2.14. The van der Waals surface area contributed by atoms with Crippen molar-refractivity contribution in [1.29, 1.82) is 0 Å². The molecule has 3 nitrogen and oxygen atoms in total. The zero-order valence-corrected chi connectivity index (χ0v) is 11.0. The van der Waals surface area contributed by atoms with Crippen molar-refractivity contribution in [1.82, 2.24) is 0 Å². The van der Waals surface area contributed by atoms with Crippen molar-refractivity contribution in [2.45, 2.75) is 32.5 Å². The van der Waals surface area contributed by atoms with Crippen LogP contribution in [0.4, 0.5) is 0 Å². The van der Waals surface area contributed by atoms with E-state index in [0.717, 1.165) is 11.3 Å². The van der Waals surface area contributed by atoms with Crippen LogP contribution in [0.5, 0.6) is 5.75 Å². The van der Waals surface area contributed by atoms with Crippen LogP contribution in [0.3, 0.4) is 0 Å². The van der Waals surface area contributed by atoms with Gasteiger partial charge >= 0.3 is 5.97 Å². The Balaban J connectivity index is 2.57. The van der Waals surface area contributed by atoms with E-state index in [9.17, 15) is 4.79 Å². The molecule has 16 heavy (non-hydrogen) atoms. The Morgan fingerprint density at radius 1 is 1.25 bits per heavy atom. The highest BCUT2D eigenvalue weighted by molar-refractivity contribution is 6.70. The van der Waals surface area contributed by atoms with Gasteiger partial charge in [0.2, 0.25) is 8.32 Å². The zero-order valence-electron chi connectivity index (χ0n) is 9.99. The first-order valence-electron chi connectivity index (χ1n) is 5.36. The van der Waals surface area contributed by atoms with Crippen molar-refractivity contribution >= 4 is 14.3 Å². The lowest BCUT2D eigenvalue weighted by Gasteiger charge is -2.19. The Bertz CT molecular complexity index is 352. The van der Waals surface area contributed by atoms with Gasteiger partial charge in [-0.05, 0) is 43.8 Å². The van der Waals surface area contributed by atoms with Crippen LogP contribution >= 0.6 is 0 Å². The van der Waals surface area contributed by atoms with Gasteiger partial charge in [0.15, 0.2) is 0 Å². The van der Waals surface area contributed by atoms with Crippen LogP contribution in [0.15, 0.2) is 24.3 Å². The van der Waals surface area contributed by atoms with Crippen molar-refractivity contribution in [3.63, 3.8) is 0 Å². The lowest BCUT2D eigenvalue weighted by molar-refractivity contribution is -0.136. The maximum absolute atomic E-state index is 10.4. The highest BCUT2D eigenvalue weighted by atomic mass is 28.4. The van der Waals surface area contributed by atoms with Gasteiger partial charge in [0, 0.05) is 6.42 Å². The first-order valence-corrected chi connectivity index (χ1v) is 8.77. The monoisotopic (exact) mass is 238 g/mol. The van der Waals surface area contributed by atoms with Gasteiger partial charge in [0.05, 0.1) is 0 Å². The minimum atomic E-state index is -1.55. The van der Waals surface area contributed by atoms with Crippen LogP contribution in [-0.4, -0.2) is 19.4 Å². The van der Waals surface area contributed by atoms with Crippen molar-refractivity contribution in [2.24, 2.45) is 0 Å². The third kappa shape index (κ3) is 4.98. The average molecular weight is 238 g/mol. The highest BCUT2D eigenvalue weighted by Gasteiger charge is 2.15. The molecule has 0 heterocycles. The van der Waals surface area contributed by atoms with Gasteiger partial charge < -0.3 is 9.53 Å². The highest BCUT2D eigenvalue weighted by Crippen LogP contribution is 2.17. The topological polar surface area (TPSA) is 46.5 Å². The van der Waals surface area contributed by atoms with Gasteiger partial charge in [0.25, 0.3) is 0 Å². The Morgan fingerprint density at radius 3 is 2.25 bits per heavy atom. The summed E-state index contributed by atoms with van der Waals surface area (Å²) in [5, 5.41) is 8.56.